The van der Waals surface area contributed by atoms with Crippen LogP contribution in [0.25, 0.3) is 0 Å². The number of amides is 1. The van der Waals surface area contributed by atoms with Crippen molar-refractivity contribution in [3.8, 4) is 0 Å². The Hall–Kier alpha value is -0.680. The lowest BCUT2D eigenvalue weighted by atomic mass is 10.0. The lowest BCUT2D eigenvalue weighted by Gasteiger charge is -2.25. The number of anilines is 1. The summed E-state index contributed by atoms with van der Waals surface area (Å²) in [6.07, 6.45) is -0.273. The molecule has 1 aromatic rings. The molecule has 0 aromatic heterocycles. The van der Waals surface area contributed by atoms with E-state index in [1.165, 1.54) is 5.56 Å². The summed E-state index contributed by atoms with van der Waals surface area (Å²) < 4.78 is -1.64. The minimum atomic E-state index is -1.64. The normalized spacial score (nSPS) is 14.9. The maximum atomic E-state index is 11.3. The molecule has 0 saturated carbocycles. The molecule has 2 rings (SSSR count). The number of alkyl halides is 3. The van der Waals surface area contributed by atoms with Gasteiger partial charge in [-0.15, -0.1) is 0 Å². The second-order valence-corrected chi connectivity index (χ2v) is 6.88. The van der Waals surface area contributed by atoms with Gasteiger partial charge in [0, 0.05) is 12.2 Å². The molecule has 19 heavy (non-hydrogen) atoms. The van der Waals surface area contributed by atoms with Gasteiger partial charge in [-0.3, -0.25) is 4.90 Å². The zero-order valence-electron chi connectivity index (χ0n) is 10.00. The maximum absolute atomic E-state index is 11.3. The molecule has 104 valence electrons. The number of hydrogen-bond acceptors (Lipinski definition) is 2. The molecule has 7 heteroatoms. The van der Waals surface area contributed by atoms with Crippen molar-refractivity contribution < 1.29 is 9.90 Å². The number of halogens is 3. The van der Waals surface area contributed by atoms with Crippen molar-refractivity contribution >= 4 is 46.6 Å². The highest BCUT2D eigenvalue weighted by molar-refractivity contribution is 6.68. The summed E-state index contributed by atoms with van der Waals surface area (Å²) in [7, 11) is 0. The molecular formula is C12H13Cl3N2O2. The number of carboxylic acid groups (broad SMARTS) is 1. The first kappa shape index (κ1) is 14.7. The highest BCUT2D eigenvalue weighted by atomic mass is 35.6. The van der Waals surface area contributed by atoms with E-state index < -0.39 is 9.89 Å². The van der Waals surface area contributed by atoms with Crippen molar-refractivity contribution in [3.63, 3.8) is 0 Å². The van der Waals surface area contributed by atoms with Gasteiger partial charge in [0.05, 0.1) is 6.54 Å². The van der Waals surface area contributed by atoms with Gasteiger partial charge in [0.1, 0.15) is 0 Å². The van der Waals surface area contributed by atoms with Crippen LogP contribution < -0.4 is 10.2 Å². The molecular weight excluding hydrogens is 311 g/mol. The zero-order valence-corrected chi connectivity index (χ0v) is 12.3. The number of carbonyl (C=O) groups is 1. The molecule has 0 aliphatic carbocycles. The van der Waals surface area contributed by atoms with Crippen LogP contribution in [0.1, 0.15) is 11.1 Å². The van der Waals surface area contributed by atoms with Crippen LogP contribution in [0.3, 0.4) is 0 Å². The van der Waals surface area contributed by atoms with E-state index in [1.807, 2.05) is 12.1 Å². The maximum Gasteiger partial charge on any atom is 0.411 e. The van der Waals surface area contributed by atoms with Gasteiger partial charge in [-0.2, -0.15) is 0 Å². The van der Waals surface area contributed by atoms with E-state index in [1.54, 1.807) is 6.07 Å². The molecule has 0 spiro atoms. The average molecular weight is 324 g/mol. The standard InChI is InChI=1S/C12H13Cl3N2O2/c13-12(14,15)7-17(11(18)19)10-2-1-9-6-16-4-3-8(9)5-10/h1-2,5,16H,3-4,6-7H2,(H,18,19). The molecule has 0 fully saturated rings. The highest BCUT2D eigenvalue weighted by Gasteiger charge is 2.28. The van der Waals surface area contributed by atoms with Gasteiger partial charge in [-0.05, 0) is 36.2 Å². The van der Waals surface area contributed by atoms with Crippen LogP contribution >= 0.6 is 34.8 Å². The molecule has 1 heterocycles. The van der Waals surface area contributed by atoms with Crippen molar-refractivity contribution in [2.24, 2.45) is 0 Å². The van der Waals surface area contributed by atoms with Gasteiger partial charge in [-0.1, -0.05) is 40.9 Å². The first-order valence-corrected chi connectivity index (χ1v) is 6.90. The zero-order chi connectivity index (χ0) is 14.0. The summed E-state index contributed by atoms with van der Waals surface area (Å²) in [4.78, 5) is 12.3. The van der Waals surface area contributed by atoms with Gasteiger partial charge in [0.25, 0.3) is 0 Å². The van der Waals surface area contributed by atoms with Gasteiger partial charge in [0.15, 0.2) is 0 Å². The Morgan fingerprint density at radius 1 is 1.37 bits per heavy atom. The van der Waals surface area contributed by atoms with E-state index in [0.717, 1.165) is 30.0 Å². The van der Waals surface area contributed by atoms with Crippen molar-refractivity contribution in [2.75, 3.05) is 18.0 Å². The second kappa shape index (κ2) is 5.75. The van der Waals surface area contributed by atoms with Crippen molar-refractivity contribution in [3.05, 3.63) is 29.3 Å². The predicted octanol–water partition coefficient (Wildman–Crippen LogP) is 3.19. The second-order valence-electron chi connectivity index (χ2n) is 4.36. The van der Waals surface area contributed by atoms with Crippen LogP contribution in [-0.4, -0.2) is 28.1 Å². The first-order chi connectivity index (χ1) is 8.87. The van der Waals surface area contributed by atoms with Crippen LogP contribution in [0, 0.1) is 0 Å². The first-order valence-electron chi connectivity index (χ1n) is 5.76. The molecule has 0 bridgehead atoms. The Bertz CT molecular complexity index is 488. The van der Waals surface area contributed by atoms with Crippen LogP contribution in [0.5, 0.6) is 0 Å². The van der Waals surface area contributed by atoms with Crippen molar-refractivity contribution in [2.45, 2.75) is 16.8 Å². The smallest absolute Gasteiger partial charge is 0.411 e. The quantitative estimate of drug-likeness (QED) is 0.822. The van der Waals surface area contributed by atoms with E-state index in [4.69, 9.17) is 34.8 Å². The van der Waals surface area contributed by atoms with Crippen LogP contribution in [0.4, 0.5) is 10.5 Å². The largest absolute Gasteiger partial charge is 0.465 e. The number of fused-ring (bicyclic) bond motifs is 1. The summed E-state index contributed by atoms with van der Waals surface area (Å²) in [6, 6.07) is 5.49. The molecule has 0 radical (unpaired) electrons. The summed E-state index contributed by atoms with van der Waals surface area (Å²) in [5.74, 6) is 0. The summed E-state index contributed by atoms with van der Waals surface area (Å²) in [6.45, 7) is 1.48. The van der Waals surface area contributed by atoms with Crippen LogP contribution in [0.15, 0.2) is 18.2 Å². The molecule has 1 aromatic carbocycles. The summed E-state index contributed by atoms with van der Waals surface area (Å²) in [5, 5.41) is 12.5. The fourth-order valence-electron chi connectivity index (χ4n) is 2.08. The Morgan fingerprint density at radius 2 is 2.11 bits per heavy atom. The number of nitrogens with zero attached hydrogens (tertiary/aromatic N) is 1. The van der Waals surface area contributed by atoms with E-state index in [0.29, 0.717) is 5.69 Å². The van der Waals surface area contributed by atoms with E-state index in [9.17, 15) is 9.90 Å². The molecule has 4 nitrogen and oxygen atoms in total. The third-order valence-electron chi connectivity index (χ3n) is 2.96. The molecule has 0 atom stereocenters. The SMILES string of the molecule is O=C(O)N(CC(Cl)(Cl)Cl)c1ccc2c(c1)CCNC2. The molecule has 1 amide bonds. The lowest BCUT2D eigenvalue weighted by molar-refractivity contribution is 0.202. The number of hydrogen-bond donors (Lipinski definition) is 2. The van der Waals surface area contributed by atoms with Gasteiger partial charge < -0.3 is 10.4 Å². The van der Waals surface area contributed by atoms with Gasteiger partial charge in [-0.25, -0.2) is 4.79 Å². The van der Waals surface area contributed by atoms with Crippen LogP contribution in [0.2, 0.25) is 0 Å². The summed E-state index contributed by atoms with van der Waals surface area (Å²) in [5.41, 5.74) is 2.83. The van der Waals surface area contributed by atoms with Crippen molar-refractivity contribution in [1.29, 1.82) is 0 Å². The molecule has 2 N–H and O–H groups in total. The van der Waals surface area contributed by atoms with Gasteiger partial charge in [0.2, 0.25) is 3.79 Å². The van der Waals surface area contributed by atoms with E-state index in [2.05, 4.69) is 5.32 Å². The average Bonchev–Trinajstić information content (AvgIpc) is 2.34. The minimum Gasteiger partial charge on any atom is -0.465 e. The predicted molar refractivity (Wildman–Crippen MR) is 77.5 cm³/mol. The van der Waals surface area contributed by atoms with E-state index >= 15 is 0 Å². The Labute approximate surface area is 126 Å². The lowest BCUT2D eigenvalue weighted by Crippen LogP contribution is -2.37. The molecule has 0 saturated heterocycles. The Morgan fingerprint density at radius 3 is 2.74 bits per heavy atom. The Balaban J connectivity index is 2.29. The fraction of sp³-hybridized carbons (Fsp3) is 0.417. The minimum absolute atomic E-state index is 0.204. The number of benzene rings is 1. The monoisotopic (exact) mass is 322 g/mol. The van der Waals surface area contributed by atoms with Crippen molar-refractivity contribution in [1.82, 2.24) is 5.32 Å². The highest BCUT2D eigenvalue weighted by Crippen LogP contribution is 2.30. The number of rotatable bonds is 2. The topological polar surface area (TPSA) is 52.6 Å². The Kier molecular flexibility index (Phi) is 4.46. The fourth-order valence-corrected chi connectivity index (χ4v) is 2.44. The molecule has 1 aliphatic rings. The van der Waals surface area contributed by atoms with Gasteiger partial charge >= 0.3 is 6.09 Å². The third kappa shape index (κ3) is 3.89. The van der Waals surface area contributed by atoms with Crippen LogP contribution in [-0.2, 0) is 13.0 Å². The molecule has 0 unspecified atom stereocenters. The third-order valence-corrected chi connectivity index (χ3v) is 3.31. The molecule has 1 aliphatic heterocycles. The van der Waals surface area contributed by atoms with E-state index in [-0.39, 0.29) is 6.54 Å². The summed E-state index contributed by atoms with van der Waals surface area (Å²) >= 11 is 17.0. The number of nitrogens with one attached hydrogen (secondary N) is 1.